The summed E-state index contributed by atoms with van der Waals surface area (Å²) in [5, 5.41) is 0. The van der Waals surface area contributed by atoms with Crippen LogP contribution in [-0.4, -0.2) is 37.0 Å². The molecule has 2 rings (SSSR count). The molecule has 1 aromatic rings. The summed E-state index contributed by atoms with van der Waals surface area (Å²) in [6.07, 6.45) is 2.23. The first-order chi connectivity index (χ1) is 10.5. The molecule has 0 aliphatic carbocycles. The quantitative estimate of drug-likeness (QED) is 0.884. The van der Waals surface area contributed by atoms with E-state index in [2.05, 4.69) is 45.9 Å². The summed E-state index contributed by atoms with van der Waals surface area (Å²) in [5.74, 6) is 0.580. The van der Waals surface area contributed by atoms with Crippen LogP contribution >= 0.6 is 0 Å². The first-order valence-electron chi connectivity index (χ1n) is 8.73. The van der Waals surface area contributed by atoms with Crippen molar-refractivity contribution in [3.8, 4) is 0 Å². The number of quaternary nitrogens is 1. The van der Waals surface area contributed by atoms with Crippen LogP contribution < -0.4 is 4.90 Å². The third-order valence-electron chi connectivity index (χ3n) is 4.99. The van der Waals surface area contributed by atoms with Crippen LogP contribution in [0.1, 0.15) is 43.4 Å². The molecule has 3 heteroatoms. The van der Waals surface area contributed by atoms with Gasteiger partial charge in [0.2, 0.25) is 5.91 Å². The highest BCUT2D eigenvalue weighted by Gasteiger charge is 2.31. The molecule has 0 spiro atoms. The van der Waals surface area contributed by atoms with Gasteiger partial charge in [0.1, 0.15) is 6.54 Å². The van der Waals surface area contributed by atoms with E-state index in [1.807, 2.05) is 4.90 Å². The van der Waals surface area contributed by atoms with E-state index in [1.54, 1.807) is 4.90 Å². The van der Waals surface area contributed by atoms with Crippen LogP contribution in [0.4, 0.5) is 0 Å². The van der Waals surface area contributed by atoms with Crippen LogP contribution in [-0.2, 0) is 11.3 Å². The third kappa shape index (κ3) is 4.10. The van der Waals surface area contributed by atoms with Crippen molar-refractivity contribution in [2.24, 2.45) is 5.92 Å². The van der Waals surface area contributed by atoms with Crippen molar-refractivity contribution in [2.45, 2.75) is 47.1 Å². The predicted octanol–water partition coefficient (Wildman–Crippen LogP) is 1.97. The van der Waals surface area contributed by atoms with Gasteiger partial charge in [0, 0.05) is 18.7 Å². The summed E-state index contributed by atoms with van der Waals surface area (Å²) in [6, 6.07) is 6.70. The number of nitrogens with one attached hydrogen (secondary N) is 1. The number of benzene rings is 1. The monoisotopic (exact) mass is 303 g/mol. The smallest absolute Gasteiger partial charge is 0.231 e. The first kappa shape index (κ1) is 17.0. The Morgan fingerprint density at radius 3 is 2.68 bits per heavy atom. The molecule has 1 heterocycles. The normalized spacial score (nSPS) is 21.6. The molecule has 0 bridgehead atoms. The number of aryl methyl sites for hydroxylation is 2. The number of rotatable bonds is 5. The van der Waals surface area contributed by atoms with Crippen LogP contribution in [0, 0.1) is 19.8 Å². The Kier molecular flexibility index (Phi) is 6.01. The number of carbonyl (C=O) groups is 1. The zero-order valence-electron chi connectivity index (χ0n) is 14.6. The minimum Gasteiger partial charge on any atom is -0.343 e. The van der Waals surface area contributed by atoms with Gasteiger partial charge in [-0.05, 0) is 46.1 Å². The van der Waals surface area contributed by atoms with Crippen LogP contribution in [0.2, 0.25) is 0 Å². The molecule has 3 nitrogen and oxygen atoms in total. The Morgan fingerprint density at radius 1 is 1.27 bits per heavy atom. The lowest BCUT2D eigenvalue weighted by Gasteiger charge is -2.32. The Bertz CT molecular complexity index is 508. The van der Waals surface area contributed by atoms with E-state index in [9.17, 15) is 4.79 Å². The molecule has 1 aliphatic rings. The highest BCUT2D eigenvalue weighted by atomic mass is 16.2. The van der Waals surface area contributed by atoms with Crippen LogP contribution in [0.25, 0.3) is 0 Å². The Hall–Kier alpha value is -1.35. The van der Waals surface area contributed by atoms with E-state index in [-0.39, 0.29) is 5.92 Å². The fourth-order valence-corrected chi connectivity index (χ4v) is 3.58. The van der Waals surface area contributed by atoms with Gasteiger partial charge in [-0.1, -0.05) is 23.8 Å². The second kappa shape index (κ2) is 7.77. The molecular weight excluding hydrogens is 272 g/mol. The van der Waals surface area contributed by atoms with Gasteiger partial charge in [0.15, 0.2) is 0 Å². The molecule has 1 unspecified atom stereocenters. The van der Waals surface area contributed by atoms with Gasteiger partial charge in [-0.15, -0.1) is 0 Å². The van der Waals surface area contributed by atoms with E-state index in [0.717, 1.165) is 39.0 Å². The van der Waals surface area contributed by atoms with Gasteiger partial charge in [-0.3, -0.25) is 4.79 Å². The predicted molar refractivity (Wildman–Crippen MR) is 91.0 cm³/mol. The highest BCUT2D eigenvalue weighted by molar-refractivity contribution is 5.78. The molecular formula is C19H31N2O+. The van der Waals surface area contributed by atoms with Crippen molar-refractivity contribution in [3.63, 3.8) is 0 Å². The van der Waals surface area contributed by atoms with Crippen molar-refractivity contribution in [3.05, 3.63) is 34.9 Å². The fourth-order valence-electron chi connectivity index (χ4n) is 3.58. The lowest BCUT2D eigenvalue weighted by molar-refractivity contribution is -0.921. The maximum absolute atomic E-state index is 12.6. The van der Waals surface area contributed by atoms with E-state index in [0.29, 0.717) is 5.91 Å². The van der Waals surface area contributed by atoms with Crippen molar-refractivity contribution in [2.75, 3.05) is 26.2 Å². The molecule has 1 aromatic carbocycles. The number of hydrogen-bond donors (Lipinski definition) is 1. The number of piperidine rings is 1. The Labute approximate surface area is 135 Å². The van der Waals surface area contributed by atoms with Crippen LogP contribution in [0.15, 0.2) is 18.2 Å². The van der Waals surface area contributed by atoms with Gasteiger partial charge in [0.25, 0.3) is 0 Å². The second-order valence-electron chi connectivity index (χ2n) is 6.66. The standard InChI is InChI=1S/C19H30N2O/c1-5-21(6-2)19(22)17-8-7-11-20(13-17)14-18-12-15(3)9-10-16(18)4/h9-10,12,17H,5-8,11,13-14H2,1-4H3/p+1/t17-/m0/s1. The molecule has 0 aromatic heterocycles. The summed E-state index contributed by atoms with van der Waals surface area (Å²) in [5.41, 5.74) is 4.13. The topological polar surface area (TPSA) is 24.8 Å². The Balaban J connectivity index is 2.01. The molecule has 1 amide bonds. The zero-order valence-corrected chi connectivity index (χ0v) is 14.6. The lowest BCUT2D eigenvalue weighted by Crippen LogP contribution is -3.12. The van der Waals surface area contributed by atoms with E-state index < -0.39 is 0 Å². The summed E-state index contributed by atoms with van der Waals surface area (Å²) in [7, 11) is 0. The van der Waals surface area contributed by atoms with Gasteiger partial charge in [0.05, 0.1) is 19.0 Å². The maximum atomic E-state index is 12.6. The average Bonchev–Trinajstić information content (AvgIpc) is 2.52. The molecule has 2 atom stereocenters. The molecule has 1 fully saturated rings. The first-order valence-corrected chi connectivity index (χ1v) is 8.73. The average molecular weight is 303 g/mol. The van der Waals surface area contributed by atoms with Gasteiger partial charge >= 0.3 is 0 Å². The SMILES string of the molecule is CCN(CC)C(=O)[C@H]1CCC[NH+](Cc2cc(C)ccc2C)C1. The number of carbonyl (C=O) groups excluding carboxylic acids is 1. The van der Waals surface area contributed by atoms with Crippen molar-refractivity contribution < 1.29 is 9.69 Å². The zero-order chi connectivity index (χ0) is 16.1. The summed E-state index contributed by atoms with van der Waals surface area (Å²) >= 11 is 0. The summed E-state index contributed by atoms with van der Waals surface area (Å²) in [4.78, 5) is 16.1. The summed E-state index contributed by atoms with van der Waals surface area (Å²) < 4.78 is 0. The lowest BCUT2D eigenvalue weighted by atomic mass is 9.95. The van der Waals surface area contributed by atoms with Crippen molar-refractivity contribution in [1.29, 1.82) is 0 Å². The minimum atomic E-state index is 0.216. The summed E-state index contributed by atoms with van der Waals surface area (Å²) in [6.45, 7) is 13.4. The number of amides is 1. The minimum absolute atomic E-state index is 0.216. The van der Waals surface area contributed by atoms with Crippen LogP contribution in [0.5, 0.6) is 0 Å². The second-order valence-corrected chi connectivity index (χ2v) is 6.66. The number of hydrogen-bond acceptors (Lipinski definition) is 1. The van der Waals surface area contributed by atoms with Crippen LogP contribution in [0.3, 0.4) is 0 Å². The Morgan fingerprint density at radius 2 is 2.00 bits per heavy atom. The number of nitrogens with zero attached hydrogens (tertiary/aromatic N) is 1. The molecule has 122 valence electrons. The maximum Gasteiger partial charge on any atom is 0.231 e. The molecule has 0 radical (unpaired) electrons. The molecule has 1 aliphatic heterocycles. The third-order valence-corrected chi connectivity index (χ3v) is 4.99. The van der Waals surface area contributed by atoms with Gasteiger partial charge in [-0.25, -0.2) is 0 Å². The molecule has 1 saturated heterocycles. The van der Waals surface area contributed by atoms with Gasteiger partial charge < -0.3 is 9.80 Å². The fraction of sp³-hybridized carbons (Fsp3) is 0.632. The molecule has 0 saturated carbocycles. The molecule has 1 N–H and O–H groups in total. The largest absolute Gasteiger partial charge is 0.343 e. The van der Waals surface area contributed by atoms with E-state index >= 15 is 0 Å². The van der Waals surface area contributed by atoms with Gasteiger partial charge in [-0.2, -0.15) is 0 Å². The molecule has 22 heavy (non-hydrogen) atoms. The van der Waals surface area contributed by atoms with Crippen molar-refractivity contribution >= 4 is 5.91 Å². The van der Waals surface area contributed by atoms with E-state index in [4.69, 9.17) is 0 Å². The van der Waals surface area contributed by atoms with Crippen molar-refractivity contribution in [1.82, 2.24) is 4.90 Å². The number of likely N-dealkylation sites (tertiary alicyclic amines) is 1. The highest BCUT2D eigenvalue weighted by Crippen LogP contribution is 2.13. The van der Waals surface area contributed by atoms with E-state index in [1.165, 1.54) is 23.2 Å².